The molecule has 3 saturated heterocycles. The molecule has 3 aliphatic rings. The Morgan fingerprint density at radius 3 is 2.31 bits per heavy atom. The topological polar surface area (TPSA) is 30.9 Å². The highest BCUT2D eigenvalue weighted by Crippen LogP contribution is 2.35. The Morgan fingerprint density at radius 1 is 1.12 bits per heavy atom. The predicted octanol–water partition coefficient (Wildman–Crippen LogP) is 1.20. The molecule has 0 N–H and O–H groups in total. The SMILES string of the molecule is CC1OC(CC2CC3COCC(C2)N3C)O1. The van der Waals surface area contributed by atoms with E-state index in [2.05, 4.69) is 11.9 Å². The fourth-order valence-corrected chi connectivity index (χ4v) is 3.22. The van der Waals surface area contributed by atoms with Crippen LogP contribution in [0.4, 0.5) is 0 Å². The normalized spacial score (nSPS) is 48.8. The summed E-state index contributed by atoms with van der Waals surface area (Å²) >= 11 is 0. The van der Waals surface area contributed by atoms with Crippen LogP contribution in [0.2, 0.25) is 0 Å². The third-order valence-electron chi connectivity index (χ3n) is 4.20. The number of morpholine rings is 1. The minimum atomic E-state index is 0.0131. The molecule has 0 spiro atoms. The van der Waals surface area contributed by atoms with Crippen LogP contribution in [0.25, 0.3) is 0 Å². The minimum Gasteiger partial charge on any atom is -0.378 e. The molecule has 0 aromatic rings. The Balaban J connectivity index is 1.54. The van der Waals surface area contributed by atoms with E-state index >= 15 is 0 Å². The lowest BCUT2D eigenvalue weighted by molar-refractivity contribution is -0.380. The van der Waals surface area contributed by atoms with Gasteiger partial charge in [-0.15, -0.1) is 0 Å². The third-order valence-corrected chi connectivity index (χ3v) is 4.20. The van der Waals surface area contributed by atoms with Gasteiger partial charge in [0.05, 0.1) is 13.2 Å². The van der Waals surface area contributed by atoms with E-state index in [1.165, 1.54) is 12.8 Å². The molecule has 0 aliphatic carbocycles. The van der Waals surface area contributed by atoms with Crippen molar-refractivity contribution in [2.24, 2.45) is 5.92 Å². The number of fused-ring (bicyclic) bond motifs is 2. The number of piperidine rings is 1. The summed E-state index contributed by atoms with van der Waals surface area (Å²) in [5.74, 6) is 0.743. The maximum absolute atomic E-state index is 5.61. The molecule has 2 unspecified atom stereocenters. The highest BCUT2D eigenvalue weighted by molar-refractivity contribution is 4.90. The van der Waals surface area contributed by atoms with Crippen LogP contribution in [-0.2, 0) is 14.2 Å². The summed E-state index contributed by atoms with van der Waals surface area (Å²) in [6.45, 7) is 3.74. The zero-order valence-electron chi connectivity index (χ0n) is 10.1. The van der Waals surface area contributed by atoms with Gasteiger partial charge in [0.15, 0.2) is 12.6 Å². The van der Waals surface area contributed by atoms with E-state index in [0.717, 1.165) is 25.6 Å². The van der Waals surface area contributed by atoms with Gasteiger partial charge in [-0.3, -0.25) is 4.90 Å². The van der Waals surface area contributed by atoms with Gasteiger partial charge in [-0.2, -0.15) is 0 Å². The molecular formula is C12H21NO3. The molecule has 0 radical (unpaired) electrons. The van der Waals surface area contributed by atoms with Gasteiger partial charge < -0.3 is 14.2 Å². The fraction of sp³-hybridized carbons (Fsp3) is 1.00. The molecule has 2 atom stereocenters. The van der Waals surface area contributed by atoms with E-state index in [-0.39, 0.29) is 12.6 Å². The quantitative estimate of drug-likeness (QED) is 0.709. The van der Waals surface area contributed by atoms with Gasteiger partial charge >= 0.3 is 0 Å². The molecular weight excluding hydrogens is 206 g/mol. The van der Waals surface area contributed by atoms with Crippen LogP contribution in [0.1, 0.15) is 26.2 Å². The molecule has 4 heteroatoms. The minimum absolute atomic E-state index is 0.0131. The lowest BCUT2D eigenvalue weighted by Gasteiger charge is -2.48. The molecule has 3 fully saturated rings. The van der Waals surface area contributed by atoms with Gasteiger partial charge in [0.25, 0.3) is 0 Å². The van der Waals surface area contributed by atoms with Crippen LogP contribution in [0.5, 0.6) is 0 Å². The monoisotopic (exact) mass is 227 g/mol. The van der Waals surface area contributed by atoms with Crippen molar-refractivity contribution in [3.63, 3.8) is 0 Å². The Morgan fingerprint density at radius 2 is 1.75 bits per heavy atom. The average molecular weight is 227 g/mol. The molecule has 3 heterocycles. The highest BCUT2D eigenvalue weighted by atomic mass is 16.9. The van der Waals surface area contributed by atoms with Gasteiger partial charge in [-0.25, -0.2) is 0 Å². The first-order chi connectivity index (χ1) is 7.72. The second kappa shape index (κ2) is 4.26. The Labute approximate surface area is 96.8 Å². The molecule has 0 amide bonds. The molecule has 4 nitrogen and oxygen atoms in total. The van der Waals surface area contributed by atoms with E-state index in [1.54, 1.807) is 0 Å². The second-order valence-corrected chi connectivity index (χ2v) is 5.35. The molecule has 0 aromatic heterocycles. The Hall–Kier alpha value is -0.160. The maximum atomic E-state index is 5.61. The van der Waals surface area contributed by atoms with Gasteiger partial charge in [0.2, 0.25) is 0 Å². The van der Waals surface area contributed by atoms with Crippen molar-refractivity contribution >= 4 is 0 Å². The third kappa shape index (κ3) is 1.99. The summed E-state index contributed by atoms with van der Waals surface area (Å²) in [5.41, 5.74) is 0. The number of ether oxygens (including phenoxy) is 3. The van der Waals surface area contributed by atoms with Gasteiger partial charge in [0.1, 0.15) is 0 Å². The van der Waals surface area contributed by atoms with Crippen LogP contribution in [0.15, 0.2) is 0 Å². The molecule has 2 bridgehead atoms. The van der Waals surface area contributed by atoms with Gasteiger partial charge in [0, 0.05) is 18.5 Å². The number of hydrogen-bond acceptors (Lipinski definition) is 4. The lowest BCUT2D eigenvalue weighted by atomic mass is 9.83. The zero-order valence-corrected chi connectivity index (χ0v) is 10.1. The van der Waals surface area contributed by atoms with Gasteiger partial charge in [-0.05, 0) is 32.7 Å². The fourth-order valence-electron chi connectivity index (χ4n) is 3.22. The summed E-state index contributed by atoms with van der Waals surface area (Å²) in [6.07, 6.45) is 3.59. The molecule has 92 valence electrons. The van der Waals surface area contributed by atoms with Crippen molar-refractivity contribution in [2.45, 2.75) is 50.8 Å². The van der Waals surface area contributed by atoms with E-state index in [4.69, 9.17) is 14.2 Å². The zero-order chi connectivity index (χ0) is 11.1. The summed E-state index contributed by atoms with van der Waals surface area (Å²) < 4.78 is 16.7. The van der Waals surface area contributed by atoms with Crippen LogP contribution in [-0.4, -0.2) is 49.8 Å². The summed E-state index contributed by atoms with van der Waals surface area (Å²) in [6, 6.07) is 1.21. The predicted molar refractivity (Wildman–Crippen MR) is 58.9 cm³/mol. The van der Waals surface area contributed by atoms with Crippen molar-refractivity contribution in [3.05, 3.63) is 0 Å². The largest absolute Gasteiger partial charge is 0.378 e. The van der Waals surface area contributed by atoms with Crippen LogP contribution in [0, 0.1) is 5.92 Å². The molecule has 3 rings (SSSR count). The lowest BCUT2D eigenvalue weighted by Crippen LogP contribution is -2.55. The number of rotatable bonds is 2. The summed E-state index contributed by atoms with van der Waals surface area (Å²) in [7, 11) is 2.23. The van der Waals surface area contributed by atoms with Crippen molar-refractivity contribution in [1.29, 1.82) is 0 Å². The first-order valence-electron chi connectivity index (χ1n) is 6.33. The standard InChI is InChI=1S/C12H21NO3/c1-8-15-12(16-8)5-9-3-10-6-14-7-11(4-9)13(10)2/h8-12H,3-7H2,1-2H3. The first kappa shape index (κ1) is 11.0. The van der Waals surface area contributed by atoms with Crippen molar-refractivity contribution in [2.75, 3.05) is 20.3 Å². The smallest absolute Gasteiger partial charge is 0.164 e. The van der Waals surface area contributed by atoms with Crippen molar-refractivity contribution in [3.8, 4) is 0 Å². The second-order valence-electron chi connectivity index (χ2n) is 5.35. The molecule has 16 heavy (non-hydrogen) atoms. The number of hydrogen-bond donors (Lipinski definition) is 0. The van der Waals surface area contributed by atoms with Crippen molar-refractivity contribution in [1.82, 2.24) is 4.90 Å². The highest BCUT2D eigenvalue weighted by Gasteiger charge is 2.39. The molecule has 0 saturated carbocycles. The van der Waals surface area contributed by atoms with Gasteiger partial charge in [-0.1, -0.05) is 0 Å². The van der Waals surface area contributed by atoms with E-state index in [9.17, 15) is 0 Å². The van der Waals surface area contributed by atoms with Crippen LogP contribution in [0.3, 0.4) is 0 Å². The van der Waals surface area contributed by atoms with E-state index in [1.807, 2.05) is 6.92 Å². The maximum Gasteiger partial charge on any atom is 0.164 e. The summed E-state index contributed by atoms with van der Waals surface area (Å²) in [4.78, 5) is 2.49. The van der Waals surface area contributed by atoms with Crippen molar-refractivity contribution < 1.29 is 14.2 Å². The Bertz CT molecular complexity index is 241. The number of likely N-dealkylation sites (N-methyl/N-ethyl adjacent to an activating group) is 1. The van der Waals surface area contributed by atoms with Crippen LogP contribution < -0.4 is 0 Å². The number of nitrogens with zero attached hydrogens (tertiary/aromatic N) is 1. The average Bonchev–Trinajstić information content (AvgIpc) is 2.17. The molecule has 0 aromatic carbocycles. The van der Waals surface area contributed by atoms with Crippen LogP contribution >= 0.6 is 0 Å². The van der Waals surface area contributed by atoms with E-state index < -0.39 is 0 Å². The summed E-state index contributed by atoms with van der Waals surface area (Å²) in [5, 5.41) is 0. The first-order valence-corrected chi connectivity index (χ1v) is 6.33. The molecule has 3 aliphatic heterocycles. The Kier molecular flexibility index (Phi) is 2.92. The van der Waals surface area contributed by atoms with E-state index in [0.29, 0.717) is 12.1 Å².